The topological polar surface area (TPSA) is 67.5 Å². The summed E-state index contributed by atoms with van der Waals surface area (Å²) in [5, 5.41) is 18.9. The lowest BCUT2D eigenvalue weighted by atomic mass is 10.0. The lowest BCUT2D eigenvalue weighted by Gasteiger charge is -2.17. The van der Waals surface area contributed by atoms with E-state index in [4.69, 9.17) is 12.2 Å². The minimum Gasteiger partial charge on any atom is -0.370 e. The van der Waals surface area contributed by atoms with E-state index in [2.05, 4.69) is 33.0 Å². The van der Waals surface area contributed by atoms with Crippen LogP contribution < -0.4 is 5.32 Å². The van der Waals surface area contributed by atoms with Gasteiger partial charge in [-0.1, -0.05) is 42.5 Å². The van der Waals surface area contributed by atoms with Gasteiger partial charge in [0.1, 0.15) is 11.4 Å². The van der Waals surface area contributed by atoms with Crippen molar-refractivity contribution in [1.29, 1.82) is 0 Å². The van der Waals surface area contributed by atoms with Crippen molar-refractivity contribution in [2.45, 2.75) is 17.8 Å². The summed E-state index contributed by atoms with van der Waals surface area (Å²) in [7, 11) is 0. The van der Waals surface area contributed by atoms with E-state index < -0.39 is 4.92 Å². The fourth-order valence-electron chi connectivity index (χ4n) is 2.59. The number of thiocarbonyl (C=S) groups is 1. The summed E-state index contributed by atoms with van der Waals surface area (Å²) in [5.41, 5.74) is 3.21. The molecule has 0 spiro atoms. The van der Waals surface area contributed by atoms with Crippen molar-refractivity contribution in [3.8, 4) is 0 Å². The van der Waals surface area contributed by atoms with Gasteiger partial charge in [0.2, 0.25) is 0 Å². The largest absolute Gasteiger partial charge is 0.370 e. The molecule has 0 amide bonds. The first-order valence-electron chi connectivity index (χ1n) is 7.64. The molecule has 1 N–H and O–H groups in total. The highest BCUT2D eigenvalue weighted by atomic mass is 32.2. The third-order valence-corrected chi connectivity index (χ3v) is 5.03. The van der Waals surface area contributed by atoms with Crippen LogP contribution in [0.4, 0.5) is 5.69 Å². The van der Waals surface area contributed by atoms with Crippen LogP contribution in [-0.2, 0) is 6.42 Å². The molecule has 1 heterocycles. The summed E-state index contributed by atoms with van der Waals surface area (Å²) >= 11 is 6.48. The highest BCUT2D eigenvalue weighted by molar-refractivity contribution is 8.02. The number of nitrogens with zero attached hydrogens (tertiary/aromatic N) is 2. The van der Waals surface area contributed by atoms with Crippen LogP contribution >= 0.6 is 24.0 Å². The Morgan fingerprint density at radius 2 is 1.96 bits per heavy atom. The van der Waals surface area contributed by atoms with E-state index in [1.165, 1.54) is 17.7 Å². The molecule has 0 saturated heterocycles. The summed E-state index contributed by atoms with van der Waals surface area (Å²) in [6.45, 7) is 0. The summed E-state index contributed by atoms with van der Waals surface area (Å²) < 4.78 is 0. The zero-order valence-corrected chi connectivity index (χ0v) is 14.8. The van der Waals surface area contributed by atoms with Crippen molar-refractivity contribution in [2.75, 3.05) is 0 Å². The molecule has 2 atom stereocenters. The maximum absolute atomic E-state index is 10.8. The molecule has 0 aromatic heterocycles. The first-order chi connectivity index (χ1) is 12.2. The Labute approximate surface area is 155 Å². The molecular formula is C18H15N3O2S2. The van der Waals surface area contributed by atoms with Crippen molar-refractivity contribution >= 4 is 34.8 Å². The normalized spacial score (nSPS) is 17.1. The van der Waals surface area contributed by atoms with E-state index in [1.54, 1.807) is 23.9 Å². The van der Waals surface area contributed by atoms with E-state index in [1.807, 2.05) is 18.2 Å². The van der Waals surface area contributed by atoms with Crippen LogP contribution in [0.1, 0.15) is 16.5 Å². The quantitative estimate of drug-likeness (QED) is 0.352. The lowest BCUT2D eigenvalue weighted by molar-refractivity contribution is -0.384. The number of hydrogen-bond acceptors (Lipinski definition) is 6. The highest BCUT2D eigenvalue weighted by Crippen LogP contribution is 2.35. The maximum atomic E-state index is 10.8. The van der Waals surface area contributed by atoms with E-state index in [9.17, 15) is 10.1 Å². The first kappa shape index (κ1) is 17.4. The molecule has 3 rings (SSSR count). The molecule has 2 aromatic carbocycles. The van der Waals surface area contributed by atoms with Gasteiger partial charge in [0.15, 0.2) is 0 Å². The molecule has 5 nitrogen and oxygen atoms in total. The minimum absolute atomic E-state index is 0.0801. The lowest BCUT2D eigenvalue weighted by Crippen LogP contribution is -2.23. The van der Waals surface area contributed by atoms with E-state index in [0.717, 1.165) is 11.3 Å². The number of nitro groups is 1. The molecule has 25 heavy (non-hydrogen) atoms. The number of thioether (sulfide) groups is 1. The van der Waals surface area contributed by atoms with Crippen molar-refractivity contribution in [3.05, 3.63) is 86.9 Å². The Kier molecular flexibility index (Phi) is 5.60. The van der Waals surface area contributed by atoms with Crippen LogP contribution in [0.15, 0.2) is 70.7 Å². The van der Waals surface area contributed by atoms with Gasteiger partial charge in [0.25, 0.3) is 5.69 Å². The van der Waals surface area contributed by atoms with Crippen molar-refractivity contribution in [2.24, 2.45) is 4.99 Å². The van der Waals surface area contributed by atoms with E-state index >= 15 is 0 Å². The number of hydrogen-bond donors (Lipinski definition) is 1. The van der Waals surface area contributed by atoms with Gasteiger partial charge in [0, 0.05) is 24.3 Å². The zero-order valence-electron chi connectivity index (χ0n) is 13.2. The van der Waals surface area contributed by atoms with Gasteiger partial charge in [-0.15, -0.1) is 11.8 Å². The van der Waals surface area contributed by atoms with Crippen LogP contribution in [0.2, 0.25) is 0 Å². The predicted molar refractivity (Wildman–Crippen MR) is 104 cm³/mol. The molecule has 1 unspecified atom stereocenters. The number of nitrogens with one attached hydrogen (secondary N) is 1. The van der Waals surface area contributed by atoms with Crippen LogP contribution in [0, 0.1) is 10.1 Å². The van der Waals surface area contributed by atoms with Crippen molar-refractivity contribution in [1.82, 2.24) is 5.32 Å². The van der Waals surface area contributed by atoms with Gasteiger partial charge in [-0.3, -0.25) is 10.1 Å². The Hall–Kier alpha value is -2.47. The number of non-ortho nitro benzene ring substituents is 1. The van der Waals surface area contributed by atoms with E-state index in [-0.39, 0.29) is 17.1 Å². The van der Waals surface area contributed by atoms with Crippen molar-refractivity contribution in [3.63, 3.8) is 0 Å². The summed E-state index contributed by atoms with van der Waals surface area (Å²) in [6, 6.07) is 16.5. The van der Waals surface area contributed by atoms with E-state index in [0.29, 0.717) is 6.42 Å². The molecule has 0 fully saturated rings. The van der Waals surface area contributed by atoms with Gasteiger partial charge >= 0.3 is 0 Å². The molecule has 1 aliphatic rings. The summed E-state index contributed by atoms with van der Waals surface area (Å²) in [4.78, 5) is 14.6. The highest BCUT2D eigenvalue weighted by Gasteiger charge is 2.24. The number of isothiocyanates is 1. The second-order valence-corrected chi connectivity index (χ2v) is 6.67. The molecular weight excluding hydrogens is 354 g/mol. The van der Waals surface area contributed by atoms with Gasteiger partial charge in [0.05, 0.1) is 10.1 Å². The molecule has 1 aliphatic heterocycles. The molecule has 2 aromatic rings. The monoisotopic (exact) mass is 369 g/mol. The standard InChI is InChI=1S/C18H15N3O2S2/c22-21(23)15-8-6-13(7-9-15)10-16(19-12-24)17-11-25-18(20-17)14-4-2-1-3-5-14/h1-9,11,16,18,20H,10H2/t16-,18?/m0/s1. The molecule has 126 valence electrons. The predicted octanol–water partition coefficient (Wildman–Crippen LogP) is 4.49. The third-order valence-electron chi connectivity index (χ3n) is 3.87. The van der Waals surface area contributed by atoms with Crippen LogP contribution in [0.25, 0.3) is 0 Å². The minimum atomic E-state index is -0.404. The molecule has 0 aliphatic carbocycles. The molecule has 0 saturated carbocycles. The fourth-order valence-corrected chi connectivity index (χ4v) is 3.74. The second kappa shape index (κ2) is 8.07. The first-order valence-corrected chi connectivity index (χ1v) is 9.00. The maximum Gasteiger partial charge on any atom is 0.269 e. The SMILES string of the molecule is O=[N+]([O-])c1ccc(C[C@H](N=C=S)C2=CSC(c3ccccc3)N2)cc1. The van der Waals surface area contributed by atoms with Gasteiger partial charge in [-0.25, -0.2) is 4.99 Å². The summed E-state index contributed by atoms with van der Waals surface area (Å²) in [6.07, 6.45) is 0.600. The third kappa shape index (κ3) is 4.33. The zero-order chi connectivity index (χ0) is 17.6. The smallest absolute Gasteiger partial charge is 0.269 e. The fraction of sp³-hybridized carbons (Fsp3) is 0.167. The van der Waals surface area contributed by atoms with Crippen LogP contribution in [-0.4, -0.2) is 16.1 Å². The van der Waals surface area contributed by atoms with Gasteiger partial charge < -0.3 is 5.32 Å². The number of aliphatic imine (C=N–C) groups is 1. The summed E-state index contributed by atoms with van der Waals surface area (Å²) in [5.74, 6) is 0. The van der Waals surface area contributed by atoms with Crippen LogP contribution in [0.5, 0.6) is 0 Å². The number of nitro benzene ring substituents is 1. The molecule has 0 radical (unpaired) electrons. The molecule has 7 heteroatoms. The Bertz CT molecular complexity index is 831. The number of benzene rings is 2. The Morgan fingerprint density at radius 3 is 2.60 bits per heavy atom. The number of rotatable bonds is 6. The van der Waals surface area contributed by atoms with Crippen molar-refractivity contribution < 1.29 is 4.92 Å². The van der Waals surface area contributed by atoms with Gasteiger partial charge in [-0.2, -0.15) is 0 Å². The Morgan fingerprint density at radius 1 is 1.24 bits per heavy atom. The van der Waals surface area contributed by atoms with Crippen LogP contribution in [0.3, 0.4) is 0 Å². The Balaban J connectivity index is 1.71. The average molecular weight is 369 g/mol. The van der Waals surface area contributed by atoms with Gasteiger partial charge in [-0.05, 0) is 28.8 Å². The molecule has 0 bridgehead atoms. The second-order valence-electron chi connectivity index (χ2n) is 5.51. The average Bonchev–Trinajstić information content (AvgIpc) is 3.13.